The Bertz CT molecular complexity index is 1460. The summed E-state index contributed by atoms with van der Waals surface area (Å²) >= 11 is 0. The van der Waals surface area contributed by atoms with Crippen LogP contribution in [0.4, 0.5) is 11.4 Å². The summed E-state index contributed by atoms with van der Waals surface area (Å²) in [4.78, 5) is 26.2. The fourth-order valence-electron chi connectivity index (χ4n) is 4.85. The molecule has 2 heterocycles. The van der Waals surface area contributed by atoms with E-state index in [0.717, 1.165) is 67.3 Å². The normalized spacial score (nSPS) is 14.2. The van der Waals surface area contributed by atoms with Crippen LogP contribution in [0.2, 0.25) is 0 Å². The fraction of sp³-hybridized carbons (Fsp3) is 0.276. The first kappa shape index (κ1) is 27.0. The molecule has 0 saturated carbocycles. The third-order valence-corrected chi connectivity index (χ3v) is 6.90. The van der Waals surface area contributed by atoms with Crippen LogP contribution < -0.4 is 5.32 Å². The third-order valence-electron chi connectivity index (χ3n) is 6.90. The van der Waals surface area contributed by atoms with Gasteiger partial charge in [-0.3, -0.25) is 24.7 Å². The van der Waals surface area contributed by atoms with Crippen molar-refractivity contribution < 1.29 is 14.8 Å². The Labute approximate surface area is 231 Å². The Morgan fingerprint density at radius 1 is 0.875 bits per heavy atom. The van der Waals surface area contributed by atoms with Crippen molar-refractivity contribution in [2.75, 3.05) is 38.0 Å². The molecule has 1 aromatic heterocycles. The average molecular weight is 542 g/mol. The summed E-state index contributed by atoms with van der Waals surface area (Å²) in [6.45, 7) is 5.80. The van der Waals surface area contributed by atoms with Crippen molar-refractivity contribution in [1.29, 1.82) is 0 Å². The number of piperazine rings is 1. The number of carboxylic acid groups (broad SMARTS) is 1. The number of aliphatic carboxylic acids is 1. The number of nitrogens with zero attached hydrogens (tertiary/aromatic N) is 6. The standard InChI is InChI=1S/C29H31N7O4/c37-29(38)17-30-26-6-2-4-23(16-26)19-35-21-27(31-32-35)20-34-13-11-33(12-14-34)18-22-3-1-5-25(15-22)24-7-9-28(10-8-24)36(39)40/h1-10,15-16,21,30H,11-14,17-20H2,(H,37,38). The molecular formula is C29H31N7O4. The van der Waals surface area contributed by atoms with Gasteiger partial charge in [0, 0.05) is 57.1 Å². The summed E-state index contributed by atoms with van der Waals surface area (Å²) in [5, 5.41) is 31.3. The maximum Gasteiger partial charge on any atom is 0.322 e. The highest BCUT2D eigenvalue weighted by molar-refractivity contribution is 5.72. The Morgan fingerprint density at radius 2 is 1.55 bits per heavy atom. The summed E-state index contributed by atoms with van der Waals surface area (Å²) in [5.41, 5.74) is 6.02. The minimum absolute atomic E-state index is 0.0950. The topological polar surface area (TPSA) is 130 Å². The van der Waals surface area contributed by atoms with Crippen LogP contribution in [-0.2, 0) is 24.4 Å². The smallest absolute Gasteiger partial charge is 0.322 e. The van der Waals surface area contributed by atoms with Crippen LogP contribution in [0.25, 0.3) is 11.1 Å². The lowest BCUT2D eigenvalue weighted by atomic mass is 10.0. The van der Waals surface area contributed by atoms with E-state index in [0.29, 0.717) is 6.54 Å². The van der Waals surface area contributed by atoms with E-state index in [-0.39, 0.29) is 17.2 Å². The van der Waals surface area contributed by atoms with Gasteiger partial charge in [-0.25, -0.2) is 4.68 Å². The van der Waals surface area contributed by atoms with Gasteiger partial charge in [0.05, 0.1) is 23.4 Å². The number of benzene rings is 3. The second-order valence-electron chi connectivity index (χ2n) is 9.91. The van der Waals surface area contributed by atoms with Gasteiger partial charge >= 0.3 is 5.97 Å². The summed E-state index contributed by atoms with van der Waals surface area (Å²) in [6.07, 6.45) is 1.97. The van der Waals surface area contributed by atoms with Crippen LogP contribution in [0.1, 0.15) is 16.8 Å². The molecule has 1 saturated heterocycles. The van der Waals surface area contributed by atoms with Crippen LogP contribution in [0.3, 0.4) is 0 Å². The van der Waals surface area contributed by atoms with Crippen LogP contribution in [0, 0.1) is 10.1 Å². The second kappa shape index (κ2) is 12.5. The van der Waals surface area contributed by atoms with Crippen LogP contribution >= 0.6 is 0 Å². The number of non-ortho nitro benzene ring substituents is 1. The summed E-state index contributed by atoms with van der Waals surface area (Å²) in [5.74, 6) is -0.902. The molecular weight excluding hydrogens is 510 g/mol. The molecule has 11 nitrogen and oxygen atoms in total. The molecule has 0 aliphatic carbocycles. The Hall–Kier alpha value is -4.61. The van der Waals surface area contributed by atoms with E-state index in [1.165, 1.54) is 5.56 Å². The lowest BCUT2D eigenvalue weighted by Gasteiger charge is -2.34. The Balaban J connectivity index is 1.10. The van der Waals surface area contributed by atoms with Crippen LogP contribution in [0.5, 0.6) is 0 Å². The maximum atomic E-state index is 10.9. The Kier molecular flexibility index (Phi) is 8.43. The number of hydrogen-bond donors (Lipinski definition) is 2. The first-order valence-electron chi connectivity index (χ1n) is 13.1. The fourth-order valence-corrected chi connectivity index (χ4v) is 4.85. The minimum atomic E-state index is -0.902. The number of nitrogens with one attached hydrogen (secondary N) is 1. The quantitative estimate of drug-likeness (QED) is 0.216. The van der Waals surface area contributed by atoms with E-state index in [1.807, 2.05) is 42.6 Å². The molecule has 0 bridgehead atoms. The molecule has 0 unspecified atom stereocenters. The number of carboxylic acids is 1. The molecule has 1 aliphatic heterocycles. The first-order chi connectivity index (χ1) is 19.4. The van der Waals surface area contributed by atoms with Gasteiger partial charge in [-0.15, -0.1) is 5.10 Å². The molecule has 5 rings (SSSR count). The van der Waals surface area contributed by atoms with E-state index in [4.69, 9.17) is 5.11 Å². The number of nitro benzene ring substituents is 1. The number of aromatic nitrogens is 3. The predicted octanol–water partition coefficient (Wildman–Crippen LogP) is 3.72. The van der Waals surface area contributed by atoms with Gasteiger partial charge in [-0.05, 0) is 52.6 Å². The van der Waals surface area contributed by atoms with Crippen molar-refractivity contribution in [3.8, 4) is 11.1 Å². The molecule has 1 aliphatic rings. The van der Waals surface area contributed by atoms with E-state index in [1.54, 1.807) is 28.9 Å². The SMILES string of the molecule is O=C(O)CNc1cccc(Cn2cc(CN3CCN(Cc4cccc(-c5ccc([N+](=O)[O-])cc5)c4)CC3)nn2)c1. The lowest BCUT2D eigenvalue weighted by molar-refractivity contribution is -0.384. The highest BCUT2D eigenvalue weighted by Gasteiger charge is 2.18. The number of rotatable bonds is 11. The molecule has 0 spiro atoms. The molecule has 0 atom stereocenters. The zero-order valence-electron chi connectivity index (χ0n) is 22.0. The third kappa shape index (κ3) is 7.28. The predicted molar refractivity (Wildman–Crippen MR) is 151 cm³/mol. The summed E-state index contributed by atoms with van der Waals surface area (Å²) in [6, 6.07) is 22.7. The molecule has 206 valence electrons. The molecule has 11 heteroatoms. The monoisotopic (exact) mass is 541 g/mol. The van der Waals surface area contributed by atoms with E-state index >= 15 is 0 Å². The zero-order valence-corrected chi connectivity index (χ0v) is 22.0. The van der Waals surface area contributed by atoms with Gasteiger partial charge in [0.2, 0.25) is 0 Å². The van der Waals surface area contributed by atoms with Gasteiger partial charge in [0.15, 0.2) is 0 Å². The number of anilines is 1. The van der Waals surface area contributed by atoms with E-state index in [2.05, 4.69) is 37.6 Å². The van der Waals surface area contributed by atoms with Crippen molar-refractivity contribution >= 4 is 17.3 Å². The van der Waals surface area contributed by atoms with Crippen LogP contribution in [-0.4, -0.2) is 73.5 Å². The Morgan fingerprint density at radius 3 is 2.25 bits per heavy atom. The lowest BCUT2D eigenvalue weighted by Crippen LogP contribution is -2.45. The van der Waals surface area contributed by atoms with Gasteiger partial charge in [0.25, 0.3) is 5.69 Å². The molecule has 40 heavy (non-hydrogen) atoms. The van der Waals surface area contributed by atoms with Crippen LogP contribution in [0.15, 0.2) is 79.0 Å². The van der Waals surface area contributed by atoms with Crippen molar-refractivity contribution in [2.24, 2.45) is 0 Å². The molecule has 1 fully saturated rings. The highest BCUT2D eigenvalue weighted by atomic mass is 16.6. The number of carbonyl (C=O) groups is 1. The number of hydrogen-bond acceptors (Lipinski definition) is 8. The van der Waals surface area contributed by atoms with Crippen molar-refractivity contribution in [3.05, 3.63) is 106 Å². The first-order valence-corrected chi connectivity index (χ1v) is 13.1. The second-order valence-corrected chi connectivity index (χ2v) is 9.91. The van der Waals surface area contributed by atoms with Gasteiger partial charge in [0.1, 0.15) is 6.54 Å². The van der Waals surface area contributed by atoms with E-state index in [9.17, 15) is 14.9 Å². The van der Waals surface area contributed by atoms with Gasteiger partial charge in [-0.2, -0.15) is 0 Å². The average Bonchev–Trinajstić information content (AvgIpc) is 3.40. The number of nitro groups is 1. The maximum absolute atomic E-state index is 10.9. The van der Waals surface area contributed by atoms with Gasteiger partial charge in [-0.1, -0.05) is 35.5 Å². The van der Waals surface area contributed by atoms with Crippen molar-refractivity contribution in [1.82, 2.24) is 24.8 Å². The molecule has 4 aromatic rings. The largest absolute Gasteiger partial charge is 0.480 e. The summed E-state index contributed by atoms with van der Waals surface area (Å²) in [7, 11) is 0. The van der Waals surface area contributed by atoms with E-state index < -0.39 is 5.97 Å². The summed E-state index contributed by atoms with van der Waals surface area (Å²) < 4.78 is 1.81. The zero-order chi connectivity index (χ0) is 27.9. The van der Waals surface area contributed by atoms with Crippen molar-refractivity contribution in [3.63, 3.8) is 0 Å². The van der Waals surface area contributed by atoms with Crippen molar-refractivity contribution in [2.45, 2.75) is 19.6 Å². The molecule has 0 amide bonds. The molecule has 2 N–H and O–H groups in total. The molecule has 3 aromatic carbocycles. The minimum Gasteiger partial charge on any atom is -0.480 e. The van der Waals surface area contributed by atoms with Gasteiger partial charge < -0.3 is 10.4 Å². The highest BCUT2D eigenvalue weighted by Crippen LogP contribution is 2.24. The molecule has 0 radical (unpaired) electrons.